The third kappa shape index (κ3) is 9.39. The number of hydrogen-bond acceptors (Lipinski definition) is 5. The summed E-state index contributed by atoms with van der Waals surface area (Å²) in [6.07, 6.45) is 2.82. The SMILES string of the molecule is CC/C=C(/O)CC(O)c1ccc(OCc2ccc(OCCc3ccccc3)cc2)cc1.CO. The summed E-state index contributed by atoms with van der Waals surface area (Å²) in [5, 5.41) is 26.9. The molecular formula is C28H34O5. The third-order valence-corrected chi connectivity index (χ3v) is 4.94. The molecule has 3 rings (SSSR count). The van der Waals surface area contributed by atoms with E-state index in [0.717, 1.165) is 42.6 Å². The van der Waals surface area contributed by atoms with E-state index >= 15 is 0 Å². The van der Waals surface area contributed by atoms with Crippen molar-refractivity contribution in [2.75, 3.05) is 13.7 Å². The maximum absolute atomic E-state index is 10.2. The molecule has 3 aromatic rings. The van der Waals surface area contributed by atoms with Crippen LogP contribution in [-0.2, 0) is 13.0 Å². The van der Waals surface area contributed by atoms with Crippen LogP contribution in [-0.4, -0.2) is 29.0 Å². The molecule has 0 bridgehead atoms. The molecule has 0 amide bonds. The highest BCUT2D eigenvalue weighted by atomic mass is 16.5. The van der Waals surface area contributed by atoms with E-state index in [4.69, 9.17) is 14.6 Å². The Kier molecular flexibility index (Phi) is 11.6. The third-order valence-electron chi connectivity index (χ3n) is 4.94. The molecule has 1 unspecified atom stereocenters. The van der Waals surface area contributed by atoms with Crippen molar-refractivity contribution in [3.05, 3.63) is 107 Å². The predicted molar refractivity (Wildman–Crippen MR) is 132 cm³/mol. The smallest absolute Gasteiger partial charge is 0.119 e. The highest BCUT2D eigenvalue weighted by molar-refractivity contribution is 5.30. The molecule has 5 nitrogen and oxygen atoms in total. The van der Waals surface area contributed by atoms with Gasteiger partial charge in [-0.25, -0.2) is 0 Å². The lowest BCUT2D eigenvalue weighted by Crippen LogP contribution is -2.02. The van der Waals surface area contributed by atoms with Crippen molar-refractivity contribution in [1.29, 1.82) is 0 Å². The first-order valence-electron chi connectivity index (χ1n) is 11.1. The Bertz CT molecular complexity index is 934. The maximum atomic E-state index is 10.2. The Hall–Kier alpha value is -3.28. The van der Waals surface area contributed by atoms with Gasteiger partial charge in [-0.15, -0.1) is 0 Å². The lowest BCUT2D eigenvalue weighted by molar-refractivity contribution is 0.160. The van der Waals surface area contributed by atoms with Crippen molar-refractivity contribution in [2.45, 2.75) is 38.9 Å². The normalized spacial score (nSPS) is 11.8. The molecular weight excluding hydrogens is 416 g/mol. The average Bonchev–Trinajstić information content (AvgIpc) is 2.86. The Morgan fingerprint density at radius 3 is 2.06 bits per heavy atom. The van der Waals surface area contributed by atoms with E-state index in [0.29, 0.717) is 13.2 Å². The molecule has 33 heavy (non-hydrogen) atoms. The van der Waals surface area contributed by atoms with E-state index in [9.17, 15) is 10.2 Å². The first-order chi connectivity index (χ1) is 16.1. The predicted octanol–water partition coefficient (Wildman–Crippen LogP) is 5.77. The van der Waals surface area contributed by atoms with Gasteiger partial charge in [0.2, 0.25) is 0 Å². The zero-order valence-corrected chi connectivity index (χ0v) is 19.4. The van der Waals surface area contributed by atoms with Crippen molar-refractivity contribution in [1.82, 2.24) is 0 Å². The molecule has 0 saturated heterocycles. The minimum absolute atomic E-state index is 0.211. The summed E-state index contributed by atoms with van der Waals surface area (Å²) in [7, 11) is 1.00. The van der Waals surface area contributed by atoms with E-state index in [-0.39, 0.29) is 12.2 Å². The van der Waals surface area contributed by atoms with E-state index < -0.39 is 6.10 Å². The molecule has 0 aromatic heterocycles. The zero-order chi connectivity index (χ0) is 23.9. The number of allylic oxidation sites excluding steroid dienone is 1. The summed E-state index contributed by atoms with van der Waals surface area (Å²) in [5.74, 6) is 1.79. The molecule has 176 valence electrons. The molecule has 0 spiro atoms. The number of hydrogen-bond donors (Lipinski definition) is 3. The lowest BCUT2D eigenvalue weighted by Gasteiger charge is -2.12. The van der Waals surface area contributed by atoms with Crippen molar-refractivity contribution < 1.29 is 24.8 Å². The number of ether oxygens (including phenoxy) is 2. The fourth-order valence-corrected chi connectivity index (χ4v) is 3.20. The quantitative estimate of drug-likeness (QED) is 0.323. The number of rotatable bonds is 11. The van der Waals surface area contributed by atoms with Crippen molar-refractivity contribution in [3.63, 3.8) is 0 Å². The van der Waals surface area contributed by atoms with Gasteiger partial charge < -0.3 is 24.8 Å². The van der Waals surface area contributed by atoms with Crippen LogP contribution in [0.15, 0.2) is 90.7 Å². The number of aliphatic hydroxyl groups is 3. The summed E-state index contributed by atoms with van der Waals surface area (Å²) >= 11 is 0. The summed E-state index contributed by atoms with van der Waals surface area (Å²) in [5.41, 5.74) is 3.06. The molecule has 3 aromatic carbocycles. The van der Waals surface area contributed by atoms with Gasteiger partial charge in [0.1, 0.15) is 18.1 Å². The molecule has 0 saturated carbocycles. The Balaban J connectivity index is 0.00000187. The molecule has 0 aliphatic rings. The second-order valence-corrected chi connectivity index (χ2v) is 7.41. The summed E-state index contributed by atoms with van der Waals surface area (Å²) in [4.78, 5) is 0. The van der Waals surface area contributed by atoms with Crippen LogP contribution in [0.5, 0.6) is 11.5 Å². The molecule has 5 heteroatoms. The molecule has 0 fully saturated rings. The average molecular weight is 451 g/mol. The van der Waals surface area contributed by atoms with Gasteiger partial charge in [0, 0.05) is 20.0 Å². The maximum Gasteiger partial charge on any atom is 0.119 e. The van der Waals surface area contributed by atoms with E-state index in [1.54, 1.807) is 6.08 Å². The summed E-state index contributed by atoms with van der Waals surface area (Å²) in [6.45, 7) is 3.04. The Morgan fingerprint density at radius 1 is 0.818 bits per heavy atom. The fraction of sp³-hybridized carbons (Fsp3) is 0.286. The van der Waals surface area contributed by atoms with Gasteiger partial charge in [-0.1, -0.05) is 61.5 Å². The summed E-state index contributed by atoms with van der Waals surface area (Å²) < 4.78 is 11.7. The molecule has 0 aliphatic heterocycles. The van der Waals surface area contributed by atoms with E-state index in [1.807, 2.05) is 73.7 Å². The molecule has 0 aliphatic carbocycles. The van der Waals surface area contributed by atoms with Crippen LogP contribution < -0.4 is 9.47 Å². The number of benzene rings is 3. The molecule has 1 atom stereocenters. The topological polar surface area (TPSA) is 79.2 Å². The minimum atomic E-state index is -0.730. The van der Waals surface area contributed by atoms with Gasteiger partial charge in [-0.05, 0) is 53.5 Å². The van der Waals surface area contributed by atoms with E-state index in [2.05, 4.69) is 12.1 Å². The van der Waals surface area contributed by atoms with Crippen LogP contribution in [0.2, 0.25) is 0 Å². The second-order valence-electron chi connectivity index (χ2n) is 7.41. The van der Waals surface area contributed by atoms with Gasteiger partial charge in [0.05, 0.1) is 18.5 Å². The van der Waals surface area contributed by atoms with Crippen LogP contribution in [0.1, 0.15) is 42.6 Å². The Labute approximate surface area is 196 Å². The van der Waals surface area contributed by atoms with Crippen LogP contribution >= 0.6 is 0 Å². The van der Waals surface area contributed by atoms with Crippen molar-refractivity contribution in [3.8, 4) is 11.5 Å². The first-order valence-corrected chi connectivity index (χ1v) is 11.1. The molecule has 3 N–H and O–H groups in total. The van der Waals surface area contributed by atoms with Gasteiger partial charge in [-0.3, -0.25) is 0 Å². The van der Waals surface area contributed by atoms with Crippen LogP contribution in [0.25, 0.3) is 0 Å². The van der Waals surface area contributed by atoms with Crippen LogP contribution in [0.4, 0.5) is 0 Å². The second kappa shape index (κ2) is 14.7. The largest absolute Gasteiger partial charge is 0.513 e. The first kappa shape index (κ1) is 26.0. The number of aliphatic hydroxyl groups excluding tert-OH is 3. The zero-order valence-electron chi connectivity index (χ0n) is 19.4. The summed E-state index contributed by atoms with van der Waals surface area (Å²) in [6, 6.07) is 25.5. The van der Waals surface area contributed by atoms with Gasteiger partial charge in [0.25, 0.3) is 0 Å². The minimum Gasteiger partial charge on any atom is -0.513 e. The van der Waals surface area contributed by atoms with Crippen molar-refractivity contribution in [2.24, 2.45) is 0 Å². The van der Waals surface area contributed by atoms with Crippen LogP contribution in [0, 0.1) is 0 Å². The van der Waals surface area contributed by atoms with Crippen LogP contribution in [0.3, 0.4) is 0 Å². The van der Waals surface area contributed by atoms with Gasteiger partial charge in [0.15, 0.2) is 0 Å². The fourth-order valence-electron chi connectivity index (χ4n) is 3.20. The standard InChI is InChI=1S/C27H30O4.CH4O/c1-2-6-24(28)19-27(29)23-11-15-26(16-12-23)31-20-22-9-13-25(14-10-22)30-18-17-21-7-4-3-5-8-21;1-2/h3-16,27-29H,2,17-20H2,1H3;2H,1H3/b24-6+;. The van der Waals surface area contributed by atoms with Gasteiger partial charge in [-0.2, -0.15) is 0 Å². The highest BCUT2D eigenvalue weighted by Gasteiger charge is 2.10. The molecule has 0 radical (unpaired) electrons. The monoisotopic (exact) mass is 450 g/mol. The molecule has 0 heterocycles. The van der Waals surface area contributed by atoms with E-state index in [1.165, 1.54) is 5.56 Å². The lowest BCUT2D eigenvalue weighted by atomic mass is 10.1. The highest BCUT2D eigenvalue weighted by Crippen LogP contribution is 2.23. The van der Waals surface area contributed by atoms with Crippen molar-refractivity contribution >= 4 is 0 Å². The van der Waals surface area contributed by atoms with Gasteiger partial charge >= 0.3 is 0 Å². The Morgan fingerprint density at radius 2 is 1.42 bits per heavy atom.